The highest BCUT2D eigenvalue weighted by molar-refractivity contribution is 6.24. The number of fused-ring (bicyclic) bond motifs is 3. The van der Waals surface area contributed by atoms with Crippen molar-refractivity contribution in [2.75, 3.05) is 0 Å². The Labute approximate surface area is 233 Å². The molecule has 0 aromatic heterocycles. The van der Waals surface area contributed by atoms with Crippen LogP contribution in [0.2, 0.25) is 0 Å². The van der Waals surface area contributed by atoms with Crippen LogP contribution in [0.15, 0.2) is 59.4 Å². The van der Waals surface area contributed by atoms with E-state index >= 15 is 0 Å². The summed E-state index contributed by atoms with van der Waals surface area (Å²) in [7, 11) is 0. The fraction of sp³-hybridized carbons (Fsp3) is 0.424. The number of rotatable bonds is 3. The average Bonchev–Trinajstić information content (AvgIpc) is 2.89. The van der Waals surface area contributed by atoms with Crippen LogP contribution in [0.4, 0.5) is 0 Å². The number of carbonyl (C=O) groups is 3. The van der Waals surface area contributed by atoms with Gasteiger partial charge in [0.2, 0.25) is 5.78 Å². The SMILES string of the molecule is CC(=O)C1=C(O)[C@]2(O)C(=O)C3=C(O)c4c(ccc(-c5ccccc5)c4O)[C@@H](C)[C@]3(C)[C@@H](C)[C@]2(C)C(C(C)C)C1=O. The van der Waals surface area contributed by atoms with E-state index in [4.69, 9.17) is 0 Å². The van der Waals surface area contributed by atoms with Gasteiger partial charge in [-0.15, -0.1) is 0 Å². The molecule has 2 aromatic rings. The number of allylic oxidation sites excluding steroid dienone is 1. The van der Waals surface area contributed by atoms with Crippen LogP contribution in [0.25, 0.3) is 16.9 Å². The van der Waals surface area contributed by atoms with Gasteiger partial charge in [0.1, 0.15) is 22.8 Å². The van der Waals surface area contributed by atoms with Crippen molar-refractivity contribution in [2.24, 2.45) is 28.6 Å². The van der Waals surface area contributed by atoms with E-state index in [1.807, 2.05) is 57.2 Å². The molecule has 3 aliphatic rings. The molecule has 0 amide bonds. The predicted molar refractivity (Wildman–Crippen MR) is 151 cm³/mol. The number of Topliss-reactive ketones (excluding diaryl/α,β-unsaturated/α-hetero) is 3. The number of phenolic OH excluding ortho intramolecular Hbond substituents is 1. The van der Waals surface area contributed by atoms with Crippen LogP contribution in [-0.4, -0.2) is 43.4 Å². The quantitative estimate of drug-likeness (QED) is 0.366. The number of carbonyl (C=O) groups excluding carboxylic acids is 3. The highest BCUT2D eigenvalue weighted by Crippen LogP contribution is 2.70. The topological polar surface area (TPSA) is 132 Å². The third-order valence-corrected chi connectivity index (χ3v) is 10.6. The first-order valence-corrected chi connectivity index (χ1v) is 13.7. The Balaban J connectivity index is 1.88. The van der Waals surface area contributed by atoms with Crippen LogP contribution in [0.3, 0.4) is 0 Å². The van der Waals surface area contributed by atoms with E-state index in [1.54, 1.807) is 26.8 Å². The van der Waals surface area contributed by atoms with Crippen molar-refractivity contribution in [1.29, 1.82) is 0 Å². The summed E-state index contributed by atoms with van der Waals surface area (Å²) in [5.74, 6) is -6.39. The zero-order valence-electron chi connectivity index (χ0n) is 23.9. The maximum Gasteiger partial charge on any atom is 0.203 e. The molecule has 4 N–H and O–H groups in total. The van der Waals surface area contributed by atoms with Crippen molar-refractivity contribution in [1.82, 2.24) is 0 Å². The molecule has 0 saturated heterocycles. The van der Waals surface area contributed by atoms with Crippen molar-refractivity contribution in [3.8, 4) is 16.9 Å². The second-order valence-corrected chi connectivity index (χ2v) is 12.4. The van der Waals surface area contributed by atoms with Gasteiger partial charge < -0.3 is 20.4 Å². The summed E-state index contributed by atoms with van der Waals surface area (Å²) in [6.07, 6.45) is 0. The second-order valence-electron chi connectivity index (χ2n) is 12.4. The van der Waals surface area contributed by atoms with Gasteiger partial charge in [0.05, 0.1) is 5.56 Å². The van der Waals surface area contributed by atoms with E-state index in [9.17, 15) is 34.8 Å². The van der Waals surface area contributed by atoms with Crippen LogP contribution in [0.5, 0.6) is 5.75 Å². The van der Waals surface area contributed by atoms with Crippen LogP contribution in [0, 0.1) is 28.6 Å². The lowest BCUT2D eigenvalue weighted by Crippen LogP contribution is -2.72. The Kier molecular flexibility index (Phi) is 6.02. The summed E-state index contributed by atoms with van der Waals surface area (Å²) < 4.78 is 0. The molecule has 2 aromatic carbocycles. The lowest BCUT2D eigenvalue weighted by molar-refractivity contribution is -0.195. The minimum Gasteiger partial charge on any atom is -0.508 e. The van der Waals surface area contributed by atoms with Crippen LogP contribution < -0.4 is 0 Å². The maximum atomic E-state index is 14.6. The summed E-state index contributed by atoms with van der Waals surface area (Å²) >= 11 is 0. The number of hydrogen-bond donors (Lipinski definition) is 4. The van der Waals surface area contributed by atoms with Gasteiger partial charge in [-0.1, -0.05) is 84.0 Å². The first kappa shape index (κ1) is 27.8. The Bertz CT molecular complexity index is 1550. The largest absolute Gasteiger partial charge is 0.508 e. The molecule has 0 radical (unpaired) electrons. The number of aliphatic hydroxyl groups excluding tert-OH is 2. The standard InChI is InChI=1S/C33H36O7/c1-15(2)24-27(36)22(17(4)34)29(38)33(40)30(39)25-28(37)23-20(16(3)31(25,6)18(5)32(24,33)7)13-14-21(26(23)35)19-11-9-8-10-12-19/h8-16,18,24,35,37-38,40H,1-7H3/t16-,18-,24?,31-,32-,33+/m1/s1. The average molecular weight is 545 g/mol. The smallest absolute Gasteiger partial charge is 0.203 e. The van der Waals surface area contributed by atoms with Crippen molar-refractivity contribution < 1.29 is 34.8 Å². The molecule has 40 heavy (non-hydrogen) atoms. The van der Waals surface area contributed by atoms with Gasteiger partial charge in [-0.05, 0) is 35.8 Å². The minimum absolute atomic E-state index is 0.0941. The molecule has 7 heteroatoms. The minimum atomic E-state index is -2.65. The van der Waals surface area contributed by atoms with E-state index in [0.717, 1.165) is 6.92 Å². The summed E-state index contributed by atoms with van der Waals surface area (Å²) in [4.78, 5) is 40.9. The second kappa shape index (κ2) is 8.64. The van der Waals surface area contributed by atoms with Crippen molar-refractivity contribution >= 4 is 23.1 Å². The molecule has 0 spiro atoms. The number of benzene rings is 2. The molecule has 0 heterocycles. The zero-order chi connectivity index (χ0) is 29.7. The molecule has 7 nitrogen and oxygen atoms in total. The highest BCUT2D eigenvalue weighted by Gasteiger charge is 2.75. The highest BCUT2D eigenvalue weighted by atomic mass is 16.3. The summed E-state index contributed by atoms with van der Waals surface area (Å²) in [5.41, 5.74) is -4.08. The molecular weight excluding hydrogens is 508 g/mol. The summed E-state index contributed by atoms with van der Waals surface area (Å²) in [5, 5.41) is 47.0. The third kappa shape index (κ3) is 3.01. The van der Waals surface area contributed by atoms with E-state index in [2.05, 4.69) is 0 Å². The Morgan fingerprint density at radius 1 is 0.950 bits per heavy atom. The first-order valence-electron chi connectivity index (χ1n) is 13.7. The lowest BCUT2D eigenvalue weighted by Gasteiger charge is -2.64. The van der Waals surface area contributed by atoms with Gasteiger partial charge in [0, 0.05) is 27.9 Å². The molecule has 5 rings (SSSR count). The van der Waals surface area contributed by atoms with Crippen LogP contribution in [-0.2, 0) is 14.4 Å². The summed E-state index contributed by atoms with van der Waals surface area (Å²) in [6, 6.07) is 12.8. The molecule has 0 bridgehead atoms. The van der Waals surface area contributed by atoms with Gasteiger partial charge in [-0.3, -0.25) is 14.4 Å². The van der Waals surface area contributed by atoms with Gasteiger partial charge in [-0.2, -0.15) is 0 Å². The molecule has 210 valence electrons. The van der Waals surface area contributed by atoms with E-state index in [0.29, 0.717) is 16.7 Å². The maximum absolute atomic E-state index is 14.6. The number of aliphatic hydroxyl groups is 3. The van der Waals surface area contributed by atoms with Gasteiger partial charge in [0.25, 0.3) is 0 Å². The Morgan fingerprint density at radius 2 is 1.55 bits per heavy atom. The van der Waals surface area contributed by atoms with Gasteiger partial charge in [0.15, 0.2) is 17.2 Å². The predicted octanol–water partition coefficient (Wildman–Crippen LogP) is 5.66. The van der Waals surface area contributed by atoms with Crippen LogP contribution in [0.1, 0.15) is 65.5 Å². The molecule has 1 unspecified atom stereocenters. The lowest BCUT2D eigenvalue weighted by atomic mass is 9.38. The fourth-order valence-electron chi connectivity index (χ4n) is 8.21. The van der Waals surface area contributed by atoms with E-state index in [1.165, 1.54) is 0 Å². The number of ketones is 3. The van der Waals surface area contributed by atoms with Crippen molar-refractivity contribution in [3.05, 3.63) is 70.5 Å². The molecule has 3 aliphatic carbocycles. The van der Waals surface area contributed by atoms with E-state index < -0.39 is 68.6 Å². The normalized spacial score (nSPS) is 33.6. The number of hydrogen-bond acceptors (Lipinski definition) is 7. The Morgan fingerprint density at radius 3 is 2.10 bits per heavy atom. The number of phenols is 1. The summed E-state index contributed by atoms with van der Waals surface area (Å²) in [6.45, 7) is 11.9. The molecule has 0 aliphatic heterocycles. The molecular formula is C33H36O7. The first-order chi connectivity index (χ1) is 18.6. The fourth-order valence-corrected chi connectivity index (χ4v) is 8.21. The van der Waals surface area contributed by atoms with Crippen LogP contribution >= 0.6 is 0 Å². The number of aromatic hydroxyl groups is 1. The van der Waals surface area contributed by atoms with Gasteiger partial charge >= 0.3 is 0 Å². The van der Waals surface area contributed by atoms with E-state index in [-0.39, 0.29) is 22.8 Å². The zero-order valence-corrected chi connectivity index (χ0v) is 23.9. The molecule has 1 saturated carbocycles. The monoisotopic (exact) mass is 544 g/mol. The third-order valence-electron chi connectivity index (χ3n) is 10.6. The molecule has 1 fully saturated rings. The Hall–Kier alpha value is -3.71. The molecule has 6 atom stereocenters. The van der Waals surface area contributed by atoms with Crippen molar-refractivity contribution in [3.63, 3.8) is 0 Å². The van der Waals surface area contributed by atoms with Gasteiger partial charge in [-0.25, -0.2) is 0 Å². The van der Waals surface area contributed by atoms with Crippen molar-refractivity contribution in [2.45, 2.75) is 60.0 Å².